The average molecular weight is 362 g/mol. The molecule has 1 aromatic rings. The fraction of sp³-hybridized carbons (Fsp3) is 0.571. The van der Waals surface area contributed by atoms with Crippen LogP contribution in [0.3, 0.4) is 0 Å². The molecular formula is C21H31FN2O2. The maximum Gasteiger partial charge on any atom is 0.410 e. The molecule has 0 bridgehead atoms. The van der Waals surface area contributed by atoms with E-state index in [2.05, 4.69) is 18.3 Å². The zero-order chi connectivity index (χ0) is 19.2. The van der Waals surface area contributed by atoms with Crippen LogP contribution in [0, 0.1) is 5.82 Å². The summed E-state index contributed by atoms with van der Waals surface area (Å²) < 4.78 is 18.4. The zero-order valence-electron chi connectivity index (χ0n) is 16.3. The summed E-state index contributed by atoms with van der Waals surface area (Å²) in [7, 11) is 0. The number of carbonyl (C=O) groups excluding carboxylic acids is 1. The van der Waals surface area contributed by atoms with E-state index in [4.69, 9.17) is 4.74 Å². The van der Waals surface area contributed by atoms with E-state index >= 15 is 0 Å². The highest BCUT2D eigenvalue weighted by molar-refractivity contribution is 5.68. The lowest BCUT2D eigenvalue weighted by Crippen LogP contribution is -2.40. The van der Waals surface area contributed by atoms with Crippen LogP contribution in [-0.2, 0) is 4.74 Å². The van der Waals surface area contributed by atoms with Crippen LogP contribution >= 0.6 is 0 Å². The van der Waals surface area contributed by atoms with Gasteiger partial charge in [0.25, 0.3) is 0 Å². The molecule has 1 heterocycles. The molecule has 1 aliphatic rings. The van der Waals surface area contributed by atoms with Gasteiger partial charge >= 0.3 is 6.09 Å². The van der Waals surface area contributed by atoms with E-state index < -0.39 is 5.60 Å². The first-order valence-electron chi connectivity index (χ1n) is 9.38. The van der Waals surface area contributed by atoms with Crippen molar-refractivity contribution in [1.29, 1.82) is 0 Å². The summed E-state index contributed by atoms with van der Waals surface area (Å²) in [6.45, 7) is 10.1. The number of carbonyl (C=O) groups is 1. The molecule has 1 amide bonds. The second-order valence-corrected chi connectivity index (χ2v) is 7.98. The van der Waals surface area contributed by atoms with Crippen LogP contribution in [0.5, 0.6) is 0 Å². The van der Waals surface area contributed by atoms with Gasteiger partial charge < -0.3 is 15.0 Å². The number of likely N-dealkylation sites (tertiary alicyclic amines) is 1. The van der Waals surface area contributed by atoms with Gasteiger partial charge in [0.1, 0.15) is 11.4 Å². The molecule has 0 saturated carbocycles. The Balaban J connectivity index is 1.74. The van der Waals surface area contributed by atoms with Crippen molar-refractivity contribution in [3.8, 4) is 0 Å². The number of benzene rings is 1. The van der Waals surface area contributed by atoms with Crippen LogP contribution in [0.2, 0.25) is 0 Å². The van der Waals surface area contributed by atoms with Crippen molar-refractivity contribution >= 4 is 12.2 Å². The Bertz CT molecular complexity index is 620. The van der Waals surface area contributed by atoms with E-state index in [0.717, 1.165) is 44.5 Å². The number of rotatable bonds is 6. The summed E-state index contributed by atoms with van der Waals surface area (Å²) in [5.41, 5.74) is 1.73. The van der Waals surface area contributed by atoms with Crippen LogP contribution in [0.25, 0.3) is 6.08 Å². The van der Waals surface area contributed by atoms with Gasteiger partial charge in [-0.25, -0.2) is 9.18 Å². The Hall–Kier alpha value is -1.88. The number of nitrogens with zero attached hydrogens (tertiary/aromatic N) is 1. The van der Waals surface area contributed by atoms with Crippen molar-refractivity contribution in [2.45, 2.75) is 58.6 Å². The Morgan fingerprint density at radius 3 is 2.69 bits per heavy atom. The molecule has 0 radical (unpaired) electrons. The summed E-state index contributed by atoms with van der Waals surface area (Å²) >= 11 is 0. The third-order valence-electron chi connectivity index (χ3n) is 4.35. The van der Waals surface area contributed by atoms with Crippen LogP contribution in [-0.4, -0.2) is 42.3 Å². The normalized spacial score (nSPS) is 18.3. The van der Waals surface area contributed by atoms with Gasteiger partial charge in [-0.3, -0.25) is 0 Å². The highest BCUT2D eigenvalue weighted by Crippen LogP contribution is 2.22. The second kappa shape index (κ2) is 9.17. The maximum absolute atomic E-state index is 12.9. The first kappa shape index (κ1) is 20.4. The van der Waals surface area contributed by atoms with E-state index in [1.807, 2.05) is 25.7 Å². The van der Waals surface area contributed by atoms with Gasteiger partial charge in [-0.05, 0) is 71.2 Å². The lowest BCUT2D eigenvalue weighted by Gasteiger charge is -2.28. The highest BCUT2D eigenvalue weighted by atomic mass is 19.1. The van der Waals surface area contributed by atoms with E-state index in [1.165, 1.54) is 17.7 Å². The second-order valence-electron chi connectivity index (χ2n) is 7.98. The van der Waals surface area contributed by atoms with Gasteiger partial charge in [0.2, 0.25) is 0 Å². The SMILES string of the molecule is C/C(=C\c1ccc(F)cc1)CNCCC1CCCN1C(=O)OC(C)(C)C. The standard InChI is InChI=1S/C21H31FN2O2/c1-16(14-17-7-9-18(22)10-8-17)15-23-12-11-19-6-5-13-24(19)20(25)26-21(2,3)4/h7-10,14,19,23H,5-6,11-13,15H2,1-4H3/b16-14+. The van der Waals surface area contributed by atoms with Crippen LogP contribution in [0.4, 0.5) is 9.18 Å². The molecule has 1 unspecified atom stereocenters. The minimum atomic E-state index is -0.454. The first-order chi connectivity index (χ1) is 12.2. The first-order valence-corrected chi connectivity index (χ1v) is 9.38. The maximum atomic E-state index is 12.9. The molecule has 1 aromatic carbocycles. The third-order valence-corrected chi connectivity index (χ3v) is 4.35. The van der Waals surface area contributed by atoms with Crippen molar-refractivity contribution in [3.63, 3.8) is 0 Å². The van der Waals surface area contributed by atoms with Gasteiger partial charge in [-0.15, -0.1) is 0 Å². The lowest BCUT2D eigenvalue weighted by molar-refractivity contribution is 0.0221. The molecule has 2 rings (SSSR count). The van der Waals surface area contributed by atoms with Crippen LogP contribution < -0.4 is 5.32 Å². The quantitative estimate of drug-likeness (QED) is 0.752. The molecule has 1 fully saturated rings. The molecule has 0 aromatic heterocycles. The van der Waals surface area contributed by atoms with E-state index in [1.54, 1.807) is 12.1 Å². The van der Waals surface area contributed by atoms with Gasteiger partial charge in [0, 0.05) is 19.1 Å². The molecule has 4 nitrogen and oxygen atoms in total. The molecule has 0 spiro atoms. The molecule has 0 aliphatic carbocycles. The van der Waals surface area contributed by atoms with Crippen molar-refractivity contribution in [2.24, 2.45) is 0 Å². The zero-order valence-corrected chi connectivity index (χ0v) is 16.3. The van der Waals surface area contributed by atoms with E-state index in [-0.39, 0.29) is 18.0 Å². The molecule has 1 saturated heterocycles. The molecule has 1 aliphatic heterocycles. The molecular weight excluding hydrogens is 331 g/mol. The van der Waals surface area contributed by atoms with Crippen LogP contribution in [0.1, 0.15) is 52.5 Å². The molecule has 26 heavy (non-hydrogen) atoms. The lowest BCUT2D eigenvalue weighted by atomic mass is 10.1. The van der Waals surface area contributed by atoms with Crippen molar-refractivity contribution < 1.29 is 13.9 Å². The molecule has 1 N–H and O–H groups in total. The van der Waals surface area contributed by atoms with Gasteiger partial charge in [-0.1, -0.05) is 23.8 Å². The predicted octanol–water partition coefficient (Wildman–Crippen LogP) is 4.61. The van der Waals surface area contributed by atoms with Gasteiger partial charge in [0.05, 0.1) is 0 Å². The number of ether oxygens (including phenoxy) is 1. The minimum Gasteiger partial charge on any atom is -0.444 e. The van der Waals surface area contributed by atoms with E-state index in [0.29, 0.717) is 0 Å². The molecule has 1 atom stereocenters. The Morgan fingerprint density at radius 2 is 2.04 bits per heavy atom. The number of hydrogen-bond donors (Lipinski definition) is 1. The average Bonchev–Trinajstić information content (AvgIpc) is 3.01. The topological polar surface area (TPSA) is 41.6 Å². The monoisotopic (exact) mass is 362 g/mol. The summed E-state index contributed by atoms with van der Waals surface area (Å²) in [6, 6.07) is 6.74. The number of hydrogen-bond acceptors (Lipinski definition) is 3. The summed E-state index contributed by atoms with van der Waals surface area (Å²) in [5.74, 6) is -0.218. The molecule has 144 valence electrons. The summed E-state index contributed by atoms with van der Waals surface area (Å²) in [4.78, 5) is 14.2. The van der Waals surface area contributed by atoms with Crippen molar-refractivity contribution in [3.05, 3.63) is 41.2 Å². The van der Waals surface area contributed by atoms with Crippen LogP contribution in [0.15, 0.2) is 29.8 Å². The Labute approximate surface area is 156 Å². The minimum absolute atomic E-state index is 0.201. The van der Waals surface area contributed by atoms with E-state index in [9.17, 15) is 9.18 Å². The Kier molecular flexibility index (Phi) is 7.21. The summed E-state index contributed by atoms with van der Waals surface area (Å²) in [5, 5.41) is 3.43. The fourth-order valence-electron chi connectivity index (χ4n) is 3.15. The molecule has 5 heteroatoms. The fourth-order valence-corrected chi connectivity index (χ4v) is 3.15. The van der Waals surface area contributed by atoms with Crippen molar-refractivity contribution in [2.75, 3.05) is 19.6 Å². The smallest absolute Gasteiger partial charge is 0.410 e. The third kappa shape index (κ3) is 6.79. The number of halogens is 1. The van der Waals surface area contributed by atoms with Gasteiger partial charge in [0.15, 0.2) is 0 Å². The number of amides is 1. The summed E-state index contributed by atoms with van der Waals surface area (Å²) in [6.07, 6.45) is 4.84. The van der Waals surface area contributed by atoms with Crippen molar-refractivity contribution in [1.82, 2.24) is 10.2 Å². The predicted molar refractivity (Wildman–Crippen MR) is 103 cm³/mol. The largest absolute Gasteiger partial charge is 0.444 e. The highest BCUT2D eigenvalue weighted by Gasteiger charge is 2.31. The van der Waals surface area contributed by atoms with Gasteiger partial charge in [-0.2, -0.15) is 0 Å². The number of nitrogens with one attached hydrogen (secondary N) is 1. The Morgan fingerprint density at radius 1 is 1.35 bits per heavy atom.